The van der Waals surface area contributed by atoms with Crippen LogP contribution in [0, 0.1) is 0 Å². The summed E-state index contributed by atoms with van der Waals surface area (Å²) in [6.07, 6.45) is 3.54. The van der Waals surface area contributed by atoms with Gasteiger partial charge in [0.25, 0.3) is 0 Å². The number of guanidine groups is 1. The second kappa shape index (κ2) is 9.77. The van der Waals surface area contributed by atoms with Crippen molar-refractivity contribution in [2.24, 2.45) is 4.99 Å². The summed E-state index contributed by atoms with van der Waals surface area (Å²) in [6.45, 7) is 9.20. The molecule has 0 atom stereocenters. The number of anilines is 1. The third kappa shape index (κ3) is 5.03. The summed E-state index contributed by atoms with van der Waals surface area (Å²) in [7, 11) is 0. The number of aromatic hydroxyl groups is 1. The van der Waals surface area contributed by atoms with Gasteiger partial charge in [-0.2, -0.15) is 0 Å². The van der Waals surface area contributed by atoms with Gasteiger partial charge in [-0.1, -0.05) is 6.07 Å². The normalized spacial score (nSPS) is 14.9. The zero-order chi connectivity index (χ0) is 19.8. The molecule has 8 nitrogen and oxygen atoms in total. The van der Waals surface area contributed by atoms with E-state index in [0.29, 0.717) is 18.9 Å². The molecule has 0 unspecified atom stereocenters. The van der Waals surface area contributed by atoms with Gasteiger partial charge in [0.15, 0.2) is 17.5 Å². The van der Waals surface area contributed by atoms with Gasteiger partial charge < -0.3 is 25.0 Å². The maximum Gasteiger partial charge on any atom is 0.225 e. The van der Waals surface area contributed by atoms with Crippen molar-refractivity contribution in [1.82, 2.24) is 20.2 Å². The molecule has 3 rings (SSSR count). The van der Waals surface area contributed by atoms with Crippen LogP contribution in [0.4, 0.5) is 5.95 Å². The molecule has 0 saturated carbocycles. The van der Waals surface area contributed by atoms with Gasteiger partial charge in [-0.15, -0.1) is 0 Å². The number of nitrogens with one attached hydrogen (secondary N) is 1. The summed E-state index contributed by atoms with van der Waals surface area (Å²) >= 11 is 0. The maximum atomic E-state index is 9.85. The lowest BCUT2D eigenvalue weighted by Crippen LogP contribution is -2.52. The van der Waals surface area contributed by atoms with Gasteiger partial charge in [0.1, 0.15) is 0 Å². The lowest BCUT2D eigenvalue weighted by molar-refractivity contribution is 0.317. The van der Waals surface area contributed by atoms with Crippen molar-refractivity contribution in [2.75, 3.05) is 44.2 Å². The Morgan fingerprint density at radius 3 is 2.61 bits per heavy atom. The fourth-order valence-corrected chi connectivity index (χ4v) is 3.09. The number of aromatic nitrogens is 2. The average Bonchev–Trinajstić information content (AvgIpc) is 2.74. The Morgan fingerprint density at radius 1 is 1.18 bits per heavy atom. The highest BCUT2D eigenvalue weighted by molar-refractivity contribution is 5.80. The zero-order valence-electron chi connectivity index (χ0n) is 16.5. The van der Waals surface area contributed by atoms with E-state index in [1.54, 1.807) is 18.5 Å². The van der Waals surface area contributed by atoms with E-state index in [0.717, 1.165) is 50.2 Å². The molecule has 0 aliphatic carbocycles. The van der Waals surface area contributed by atoms with Gasteiger partial charge in [-0.3, -0.25) is 0 Å². The highest BCUT2D eigenvalue weighted by atomic mass is 16.5. The van der Waals surface area contributed by atoms with Crippen LogP contribution in [0.5, 0.6) is 11.5 Å². The topological polar surface area (TPSA) is 86.1 Å². The van der Waals surface area contributed by atoms with Crippen LogP contribution in [-0.2, 0) is 6.54 Å². The van der Waals surface area contributed by atoms with Crippen molar-refractivity contribution in [1.29, 1.82) is 0 Å². The summed E-state index contributed by atoms with van der Waals surface area (Å²) in [6, 6.07) is 7.20. The molecule has 0 radical (unpaired) electrons. The highest BCUT2D eigenvalue weighted by Crippen LogP contribution is 2.27. The summed E-state index contributed by atoms with van der Waals surface area (Å²) in [5.74, 6) is 2.32. The smallest absolute Gasteiger partial charge is 0.225 e. The number of benzene rings is 1. The first kappa shape index (κ1) is 19.7. The predicted molar refractivity (Wildman–Crippen MR) is 110 cm³/mol. The Bertz CT molecular complexity index is 776. The van der Waals surface area contributed by atoms with E-state index >= 15 is 0 Å². The van der Waals surface area contributed by atoms with Crippen LogP contribution in [0.1, 0.15) is 19.4 Å². The number of nitrogens with zero attached hydrogens (tertiary/aromatic N) is 5. The summed E-state index contributed by atoms with van der Waals surface area (Å²) in [4.78, 5) is 17.9. The minimum absolute atomic E-state index is 0.153. The van der Waals surface area contributed by atoms with Crippen LogP contribution < -0.4 is 15.0 Å². The van der Waals surface area contributed by atoms with Crippen molar-refractivity contribution in [3.8, 4) is 11.5 Å². The molecular formula is C20H28N6O2. The van der Waals surface area contributed by atoms with E-state index in [2.05, 4.69) is 32.0 Å². The Balaban J connectivity index is 1.64. The molecular weight excluding hydrogens is 356 g/mol. The molecule has 2 aromatic rings. The molecule has 0 spiro atoms. The largest absolute Gasteiger partial charge is 0.504 e. The quantitative estimate of drug-likeness (QED) is 0.581. The summed E-state index contributed by atoms with van der Waals surface area (Å²) in [5.41, 5.74) is 0.993. The van der Waals surface area contributed by atoms with Crippen molar-refractivity contribution in [2.45, 2.75) is 20.4 Å². The minimum Gasteiger partial charge on any atom is -0.504 e. The third-order valence-electron chi connectivity index (χ3n) is 4.48. The second-order valence-corrected chi connectivity index (χ2v) is 6.43. The van der Waals surface area contributed by atoms with E-state index in [-0.39, 0.29) is 5.75 Å². The lowest BCUT2D eigenvalue weighted by Gasteiger charge is -2.36. The standard InChI is InChI=1S/C20H28N6O2/c1-3-21-19(24-15-16-6-7-17(27)18(14-16)28-4-2)25-10-12-26(13-11-25)20-22-8-5-9-23-20/h5-9,14,27H,3-4,10-13,15H2,1-2H3,(H,21,24). The molecule has 1 aromatic heterocycles. The second-order valence-electron chi connectivity index (χ2n) is 6.43. The minimum atomic E-state index is 0.153. The molecule has 28 heavy (non-hydrogen) atoms. The monoisotopic (exact) mass is 384 g/mol. The molecule has 1 aromatic carbocycles. The molecule has 1 aliphatic heterocycles. The van der Waals surface area contributed by atoms with Gasteiger partial charge in [0.05, 0.1) is 13.2 Å². The van der Waals surface area contributed by atoms with Gasteiger partial charge in [0, 0.05) is 45.1 Å². The molecule has 2 N–H and O–H groups in total. The first-order chi connectivity index (χ1) is 13.7. The van der Waals surface area contributed by atoms with Crippen LogP contribution in [-0.4, -0.2) is 65.3 Å². The Labute approximate surface area is 165 Å². The van der Waals surface area contributed by atoms with Crippen LogP contribution in [0.2, 0.25) is 0 Å². The van der Waals surface area contributed by atoms with E-state index in [1.807, 2.05) is 25.1 Å². The van der Waals surface area contributed by atoms with Crippen molar-refractivity contribution in [3.63, 3.8) is 0 Å². The first-order valence-electron chi connectivity index (χ1n) is 9.71. The number of piperazine rings is 1. The fourth-order valence-electron chi connectivity index (χ4n) is 3.09. The van der Waals surface area contributed by atoms with Crippen LogP contribution in [0.3, 0.4) is 0 Å². The molecule has 0 bridgehead atoms. The van der Waals surface area contributed by atoms with Crippen LogP contribution in [0.25, 0.3) is 0 Å². The third-order valence-corrected chi connectivity index (χ3v) is 4.48. The maximum absolute atomic E-state index is 9.85. The molecule has 1 fully saturated rings. The van der Waals surface area contributed by atoms with Crippen molar-refractivity contribution >= 4 is 11.9 Å². The number of hydrogen-bond acceptors (Lipinski definition) is 6. The van der Waals surface area contributed by atoms with Crippen molar-refractivity contribution < 1.29 is 9.84 Å². The molecule has 1 aliphatic rings. The van der Waals surface area contributed by atoms with E-state index in [4.69, 9.17) is 9.73 Å². The van der Waals surface area contributed by atoms with E-state index < -0.39 is 0 Å². The Kier molecular flexibility index (Phi) is 6.89. The van der Waals surface area contributed by atoms with Crippen molar-refractivity contribution in [3.05, 3.63) is 42.2 Å². The van der Waals surface area contributed by atoms with Crippen LogP contribution >= 0.6 is 0 Å². The zero-order valence-corrected chi connectivity index (χ0v) is 16.5. The number of phenolic OH excluding ortho intramolecular Hbond substituents is 1. The molecule has 1 saturated heterocycles. The van der Waals surface area contributed by atoms with Gasteiger partial charge in [-0.25, -0.2) is 15.0 Å². The first-order valence-corrected chi connectivity index (χ1v) is 9.71. The average molecular weight is 384 g/mol. The molecule has 8 heteroatoms. The summed E-state index contributed by atoms with van der Waals surface area (Å²) < 4.78 is 5.46. The fraction of sp³-hybridized carbons (Fsp3) is 0.450. The number of aliphatic imine (C=N–C) groups is 1. The highest BCUT2D eigenvalue weighted by Gasteiger charge is 2.21. The number of phenols is 1. The molecule has 150 valence electrons. The van der Waals surface area contributed by atoms with Gasteiger partial charge in [-0.05, 0) is 37.6 Å². The number of rotatable bonds is 6. The predicted octanol–water partition coefficient (Wildman–Crippen LogP) is 1.87. The van der Waals surface area contributed by atoms with E-state index in [1.165, 1.54) is 0 Å². The lowest BCUT2D eigenvalue weighted by atomic mass is 10.2. The number of hydrogen-bond donors (Lipinski definition) is 2. The molecule has 2 heterocycles. The summed E-state index contributed by atoms with van der Waals surface area (Å²) in [5, 5.41) is 13.2. The Hall–Kier alpha value is -3.03. The number of ether oxygens (including phenoxy) is 1. The van der Waals surface area contributed by atoms with Crippen LogP contribution in [0.15, 0.2) is 41.7 Å². The Morgan fingerprint density at radius 2 is 1.93 bits per heavy atom. The van der Waals surface area contributed by atoms with Gasteiger partial charge >= 0.3 is 0 Å². The van der Waals surface area contributed by atoms with Gasteiger partial charge in [0.2, 0.25) is 5.95 Å². The van der Waals surface area contributed by atoms with E-state index in [9.17, 15) is 5.11 Å². The molecule has 0 amide bonds. The SMILES string of the molecule is CCNC(=NCc1ccc(O)c(OCC)c1)N1CCN(c2ncccn2)CC1.